The number of ether oxygens (including phenoxy) is 2. The number of nitrogens with two attached hydrogens (primary N) is 1. The first-order chi connectivity index (χ1) is 17.7. The lowest BCUT2D eigenvalue weighted by molar-refractivity contribution is -0.131. The Morgan fingerprint density at radius 3 is 2.49 bits per heavy atom. The number of rotatable bonds is 7. The first-order valence-corrected chi connectivity index (χ1v) is 14.8. The van der Waals surface area contributed by atoms with Crippen molar-refractivity contribution in [3.05, 3.63) is 12.2 Å². The molecule has 0 aromatic heterocycles. The number of fused-ring (bicyclic) bond motifs is 1. The zero-order valence-electron chi connectivity index (χ0n) is 23.2. The van der Waals surface area contributed by atoms with Gasteiger partial charge in [0.25, 0.3) is 0 Å². The van der Waals surface area contributed by atoms with Crippen molar-refractivity contribution in [3.8, 4) is 0 Å². The van der Waals surface area contributed by atoms with Crippen LogP contribution in [-0.4, -0.2) is 95.2 Å². The van der Waals surface area contributed by atoms with Crippen LogP contribution in [0.3, 0.4) is 0 Å². The third kappa shape index (κ3) is 9.76. The summed E-state index contributed by atoms with van der Waals surface area (Å²) in [5.74, 6) is 1.50. The van der Waals surface area contributed by atoms with Crippen LogP contribution in [0, 0.1) is 17.8 Å². The van der Waals surface area contributed by atoms with Gasteiger partial charge in [-0.05, 0) is 63.7 Å². The summed E-state index contributed by atoms with van der Waals surface area (Å²) in [4.78, 5) is 13.5. The van der Waals surface area contributed by atoms with Crippen molar-refractivity contribution in [1.82, 2.24) is 10.6 Å². The Hall–Kier alpha value is -0.720. The van der Waals surface area contributed by atoms with Crippen LogP contribution in [0.5, 0.6) is 0 Å². The highest BCUT2D eigenvalue weighted by Crippen LogP contribution is 2.34. The van der Waals surface area contributed by atoms with Crippen molar-refractivity contribution in [1.29, 1.82) is 0 Å². The minimum Gasteiger partial charge on any atom is -0.400 e. The van der Waals surface area contributed by atoms with Gasteiger partial charge in [-0.3, -0.25) is 4.79 Å². The standard InChI is InChI=1S/C26H47N3O5S.CH4O/c1-15(2)11-18-9-10-33-24-19(12-18)14-28-22(24)25(32)29-21-8-6-5-7-20(13-27)35-26(17(4)31)34-23(21)16(3)30;1-2/h5-6,15-24,26,28,30-31H,7-14,27H2,1-4H3,(H,29,32);2H,1H3/b6-5-;/t16-,17?,18?,19?,20?,21?,22?,23?,24?,26?;/m0./s1. The molecule has 37 heavy (non-hydrogen) atoms. The Kier molecular flexibility index (Phi) is 14.4. The van der Waals surface area contributed by atoms with E-state index in [1.54, 1.807) is 13.8 Å². The maximum atomic E-state index is 13.5. The molecular weight excluding hydrogens is 494 g/mol. The molecule has 9 unspecified atom stereocenters. The number of aliphatic hydroxyl groups is 3. The van der Waals surface area contributed by atoms with Crippen molar-refractivity contribution in [2.45, 2.75) is 107 Å². The minimum absolute atomic E-state index is 0.109. The van der Waals surface area contributed by atoms with Gasteiger partial charge in [0.15, 0.2) is 0 Å². The molecule has 10 heteroatoms. The van der Waals surface area contributed by atoms with Crippen molar-refractivity contribution in [2.75, 3.05) is 26.8 Å². The van der Waals surface area contributed by atoms with Crippen LogP contribution in [0.25, 0.3) is 0 Å². The third-order valence-electron chi connectivity index (χ3n) is 7.38. The number of allylic oxidation sites excluding steroid dienone is 1. The Balaban J connectivity index is 0.00000235. The van der Waals surface area contributed by atoms with Gasteiger partial charge in [0, 0.05) is 32.1 Å². The first-order valence-electron chi connectivity index (χ1n) is 13.8. The first kappa shape index (κ1) is 32.5. The van der Waals surface area contributed by atoms with Gasteiger partial charge >= 0.3 is 0 Å². The molecule has 2 saturated heterocycles. The van der Waals surface area contributed by atoms with E-state index in [4.69, 9.17) is 20.3 Å². The number of carbonyl (C=O) groups excluding carboxylic acids is 1. The van der Waals surface area contributed by atoms with Crippen molar-refractivity contribution >= 4 is 17.7 Å². The Bertz CT molecular complexity index is 695. The lowest BCUT2D eigenvalue weighted by Gasteiger charge is -2.36. The number of hydrogen-bond acceptors (Lipinski definition) is 9. The van der Waals surface area contributed by atoms with E-state index in [-0.39, 0.29) is 17.3 Å². The lowest BCUT2D eigenvalue weighted by atomic mass is 9.85. The fourth-order valence-corrected chi connectivity index (χ4v) is 6.80. The number of carbonyl (C=O) groups is 1. The highest BCUT2D eigenvalue weighted by Gasteiger charge is 2.44. The summed E-state index contributed by atoms with van der Waals surface area (Å²) in [6, 6.07) is -0.856. The van der Waals surface area contributed by atoms with Crippen molar-refractivity contribution in [2.24, 2.45) is 23.5 Å². The summed E-state index contributed by atoms with van der Waals surface area (Å²) in [5.41, 5.74) is 5.36. The van der Waals surface area contributed by atoms with Gasteiger partial charge in [0.2, 0.25) is 5.91 Å². The predicted octanol–water partition coefficient (Wildman–Crippen LogP) is 1.39. The largest absolute Gasteiger partial charge is 0.400 e. The van der Waals surface area contributed by atoms with Crippen LogP contribution in [-0.2, 0) is 14.3 Å². The summed E-state index contributed by atoms with van der Waals surface area (Å²) in [7, 11) is 1.00. The second-order valence-corrected chi connectivity index (χ2v) is 12.4. The van der Waals surface area contributed by atoms with Gasteiger partial charge in [-0.2, -0.15) is 0 Å². The molecule has 216 valence electrons. The van der Waals surface area contributed by atoms with Crippen LogP contribution in [0.1, 0.15) is 59.8 Å². The quantitative estimate of drug-likeness (QED) is 0.261. The van der Waals surface area contributed by atoms with Gasteiger partial charge in [0.1, 0.15) is 17.6 Å². The molecule has 0 bridgehead atoms. The van der Waals surface area contributed by atoms with E-state index in [9.17, 15) is 15.0 Å². The number of nitrogens with one attached hydrogen (secondary N) is 2. The summed E-state index contributed by atoms with van der Waals surface area (Å²) in [6.07, 6.45) is 6.31. The molecule has 3 aliphatic rings. The molecule has 0 aromatic carbocycles. The number of thioether (sulfide) groups is 1. The van der Waals surface area contributed by atoms with Gasteiger partial charge in [-0.1, -0.05) is 26.0 Å². The van der Waals surface area contributed by atoms with E-state index in [2.05, 4.69) is 30.6 Å². The van der Waals surface area contributed by atoms with E-state index in [1.165, 1.54) is 18.2 Å². The summed E-state index contributed by atoms with van der Waals surface area (Å²) >= 11 is 1.48. The zero-order valence-corrected chi connectivity index (χ0v) is 24.0. The van der Waals surface area contributed by atoms with E-state index in [1.807, 2.05) is 6.08 Å². The molecule has 0 radical (unpaired) electrons. The molecule has 10 atom stereocenters. The van der Waals surface area contributed by atoms with Crippen LogP contribution in [0.15, 0.2) is 12.2 Å². The fourth-order valence-electron chi connectivity index (χ4n) is 5.67. The maximum Gasteiger partial charge on any atom is 0.240 e. The maximum absolute atomic E-state index is 13.5. The van der Waals surface area contributed by atoms with Gasteiger partial charge in [-0.25, -0.2) is 0 Å². The summed E-state index contributed by atoms with van der Waals surface area (Å²) in [5, 5.41) is 34.6. The van der Waals surface area contributed by atoms with E-state index < -0.39 is 35.8 Å². The minimum atomic E-state index is -0.832. The molecule has 0 spiro atoms. The highest BCUT2D eigenvalue weighted by molar-refractivity contribution is 8.00. The third-order valence-corrected chi connectivity index (χ3v) is 8.93. The number of aliphatic hydroxyl groups excluding tert-OH is 3. The highest BCUT2D eigenvalue weighted by atomic mass is 32.2. The molecule has 9 nitrogen and oxygen atoms in total. The smallest absolute Gasteiger partial charge is 0.240 e. The SMILES string of the molecule is CC(C)CC1CCOC2C(CNC2C(=O)NC2C/C=C\CC(CN)SC(C(C)O)OC2[C@H](C)O)C1.CO. The van der Waals surface area contributed by atoms with Crippen molar-refractivity contribution < 1.29 is 29.6 Å². The molecule has 3 aliphatic heterocycles. The summed E-state index contributed by atoms with van der Waals surface area (Å²) < 4.78 is 12.5. The molecule has 1 amide bonds. The van der Waals surface area contributed by atoms with E-state index in [0.29, 0.717) is 37.3 Å². The van der Waals surface area contributed by atoms with Crippen LogP contribution in [0.2, 0.25) is 0 Å². The van der Waals surface area contributed by atoms with Crippen LogP contribution in [0.4, 0.5) is 0 Å². The lowest BCUT2D eigenvalue weighted by Crippen LogP contribution is -2.56. The van der Waals surface area contributed by atoms with Gasteiger partial charge in [0.05, 0.1) is 24.4 Å². The molecule has 0 saturated carbocycles. The molecular formula is C27H51N3O6S. The van der Waals surface area contributed by atoms with E-state index >= 15 is 0 Å². The van der Waals surface area contributed by atoms with Gasteiger partial charge < -0.3 is 41.2 Å². The second kappa shape index (κ2) is 16.4. The predicted molar refractivity (Wildman–Crippen MR) is 148 cm³/mol. The fraction of sp³-hybridized carbons (Fsp3) is 0.889. The van der Waals surface area contributed by atoms with Crippen LogP contribution < -0.4 is 16.4 Å². The van der Waals surface area contributed by atoms with Crippen LogP contribution >= 0.6 is 11.8 Å². The molecule has 2 fully saturated rings. The number of hydrogen-bond donors (Lipinski definition) is 6. The molecule has 3 rings (SSSR count). The normalized spacial score (nSPS) is 37.4. The molecule has 0 aliphatic carbocycles. The topological polar surface area (TPSA) is 146 Å². The van der Waals surface area contributed by atoms with Gasteiger partial charge in [-0.15, -0.1) is 11.8 Å². The second-order valence-electron chi connectivity index (χ2n) is 11.0. The zero-order chi connectivity index (χ0) is 27.5. The summed E-state index contributed by atoms with van der Waals surface area (Å²) in [6.45, 7) is 9.79. The Morgan fingerprint density at radius 2 is 1.86 bits per heavy atom. The monoisotopic (exact) mass is 545 g/mol. The van der Waals surface area contributed by atoms with Crippen molar-refractivity contribution in [3.63, 3.8) is 0 Å². The Labute approximate surface area is 227 Å². The van der Waals surface area contributed by atoms with E-state index in [0.717, 1.165) is 32.9 Å². The molecule has 3 heterocycles. The molecule has 7 N–H and O–H groups in total. The molecule has 0 aromatic rings. The number of amides is 1. The Morgan fingerprint density at radius 1 is 1.16 bits per heavy atom. The average Bonchev–Trinajstić information content (AvgIpc) is 3.14. The average molecular weight is 546 g/mol.